The van der Waals surface area contributed by atoms with Gasteiger partial charge in [-0.05, 0) is 38.5 Å². The number of fused-ring (bicyclic) bond motifs is 1. The molecule has 0 atom stereocenters. The van der Waals surface area contributed by atoms with Gasteiger partial charge in [0.05, 0.1) is 6.07 Å². The lowest BCUT2D eigenvalue weighted by Gasteiger charge is -2.07. The average Bonchev–Trinajstić information content (AvgIpc) is 2.61. The van der Waals surface area contributed by atoms with Crippen LogP contribution in [0.15, 0.2) is 18.3 Å². The molecule has 0 spiro atoms. The molecule has 15 heavy (non-hydrogen) atoms. The SMILES string of the molecule is Cc1ccn2nc(C(C)(C)C#N)nc2c1. The van der Waals surface area contributed by atoms with Crippen LogP contribution in [0.2, 0.25) is 0 Å². The van der Waals surface area contributed by atoms with E-state index >= 15 is 0 Å². The van der Waals surface area contributed by atoms with Gasteiger partial charge < -0.3 is 0 Å². The number of nitriles is 1. The van der Waals surface area contributed by atoms with Gasteiger partial charge in [-0.25, -0.2) is 9.50 Å². The summed E-state index contributed by atoms with van der Waals surface area (Å²) in [5.74, 6) is 0.565. The summed E-state index contributed by atoms with van der Waals surface area (Å²) in [4.78, 5) is 4.35. The summed E-state index contributed by atoms with van der Waals surface area (Å²) < 4.78 is 1.70. The third-order valence-corrected chi connectivity index (χ3v) is 2.33. The van der Waals surface area contributed by atoms with Crippen LogP contribution in [0.25, 0.3) is 5.65 Å². The second kappa shape index (κ2) is 3.06. The summed E-state index contributed by atoms with van der Waals surface area (Å²) in [7, 11) is 0. The van der Waals surface area contributed by atoms with Crippen molar-refractivity contribution in [3.63, 3.8) is 0 Å². The first-order valence-electron chi connectivity index (χ1n) is 4.78. The number of hydrogen-bond acceptors (Lipinski definition) is 3. The van der Waals surface area contributed by atoms with Crippen molar-refractivity contribution in [3.8, 4) is 6.07 Å². The first kappa shape index (κ1) is 9.66. The van der Waals surface area contributed by atoms with Crippen LogP contribution in [0.1, 0.15) is 25.2 Å². The van der Waals surface area contributed by atoms with Crippen LogP contribution in [0.3, 0.4) is 0 Å². The number of pyridine rings is 1. The van der Waals surface area contributed by atoms with E-state index in [-0.39, 0.29) is 0 Å². The Hall–Kier alpha value is -1.89. The Bertz CT molecular complexity index is 545. The lowest BCUT2D eigenvalue weighted by Crippen LogP contribution is -2.16. The molecule has 0 aliphatic heterocycles. The summed E-state index contributed by atoms with van der Waals surface area (Å²) in [6, 6.07) is 6.11. The minimum absolute atomic E-state index is 0.565. The molecule has 0 unspecified atom stereocenters. The number of hydrogen-bond donors (Lipinski definition) is 0. The molecule has 2 heterocycles. The molecular formula is C11H12N4. The van der Waals surface area contributed by atoms with E-state index in [9.17, 15) is 0 Å². The van der Waals surface area contributed by atoms with Gasteiger partial charge in [-0.1, -0.05) is 0 Å². The van der Waals surface area contributed by atoms with E-state index in [0.717, 1.165) is 11.2 Å². The standard InChI is InChI=1S/C11H12N4/c1-8-4-5-15-9(6-8)13-10(14-15)11(2,3)7-12/h4-6H,1-3H3. The van der Waals surface area contributed by atoms with E-state index in [1.54, 1.807) is 4.52 Å². The fourth-order valence-corrected chi connectivity index (χ4v) is 1.30. The molecule has 0 aliphatic carbocycles. The second-order valence-corrected chi connectivity index (χ2v) is 4.18. The van der Waals surface area contributed by atoms with Crippen LogP contribution in [-0.4, -0.2) is 14.6 Å². The monoisotopic (exact) mass is 200 g/mol. The molecule has 76 valence electrons. The van der Waals surface area contributed by atoms with Crippen LogP contribution in [0.4, 0.5) is 0 Å². The van der Waals surface area contributed by atoms with Crippen molar-refractivity contribution in [2.75, 3.05) is 0 Å². The van der Waals surface area contributed by atoms with Gasteiger partial charge in [-0.2, -0.15) is 5.26 Å². The smallest absolute Gasteiger partial charge is 0.171 e. The highest BCUT2D eigenvalue weighted by atomic mass is 15.3. The number of nitrogens with zero attached hydrogens (tertiary/aromatic N) is 4. The van der Waals surface area contributed by atoms with E-state index in [1.807, 2.05) is 39.1 Å². The molecule has 2 aromatic rings. The zero-order chi connectivity index (χ0) is 11.1. The van der Waals surface area contributed by atoms with Gasteiger partial charge in [0.2, 0.25) is 0 Å². The minimum Gasteiger partial charge on any atom is -0.221 e. The molecule has 4 heteroatoms. The van der Waals surface area contributed by atoms with E-state index < -0.39 is 5.41 Å². The summed E-state index contributed by atoms with van der Waals surface area (Å²) >= 11 is 0. The van der Waals surface area contributed by atoms with Gasteiger partial charge in [0.25, 0.3) is 0 Å². The van der Waals surface area contributed by atoms with Crippen LogP contribution in [0, 0.1) is 18.3 Å². The van der Waals surface area contributed by atoms with Gasteiger partial charge in [0.15, 0.2) is 11.5 Å². The maximum Gasteiger partial charge on any atom is 0.171 e. The fourth-order valence-electron chi connectivity index (χ4n) is 1.30. The van der Waals surface area contributed by atoms with Gasteiger partial charge in [0.1, 0.15) is 5.41 Å². The van der Waals surface area contributed by atoms with Crippen molar-refractivity contribution in [2.24, 2.45) is 0 Å². The number of aromatic nitrogens is 3. The van der Waals surface area contributed by atoms with Gasteiger partial charge in [-0.3, -0.25) is 0 Å². The Morgan fingerprint density at radius 3 is 2.87 bits per heavy atom. The highest BCUT2D eigenvalue weighted by Crippen LogP contribution is 2.19. The Labute approximate surface area is 88.2 Å². The van der Waals surface area contributed by atoms with E-state index in [4.69, 9.17) is 5.26 Å². The van der Waals surface area contributed by atoms with Crippen LogP contribution >= 0.6 is 0 Å². The van der Waals surface area contributed by atoms with Gasteiger partial charge in [0, 0.05) is 6.20 Å². The molecule has 0 aliphatic rings. The van der Waals surface area contributed by atoms with Crippen molar-refractivity contribution < 1.29 is 0 Å². The highest BCUT2D eigenvalue weighted by molar-refractivity contribution is 5.41. The zero-order valence-electron chi connectivity index (χ0n) is 9.02. The number of rotatable bonds is 1. The van der Waals surface area contributed by atoms with Crippen molar-refractivity contribution in [1.82, 2.24) is 14.6 Å². The predicted octanol–water partition coefficient (Wildman–Crippen LogP) is 1.84. The van der Waals surface area contributed by atoms with Crippen molar-refractivity contribution >= 4 is 5.65 Å². The first-order valence-corrected chi connectivity index (χ1v) is 4.78. The minimum atomic E-state index is -0.639. The van der Waals surface area contributed by atoms with Crippen molar-refractivity contribution in [1.29, 1.82) is 5.26 Å². The molecule has 0 aromatic carbocycles. The molecule has 0 amide bonds. The summed E-state index contributed by atoms with van der Waals surface area (Å²) in [6.07, 6.45) is 1.86. The third-order valence-electron chi connectivity index (χ3n) is 2.33. The molecule has 2 aromatic heterocycles. The summed E-state index contributed by atoms with van der Waals surface area (Å²) in [6.45, 7) is 5.63. The Kier molecular flexibility index (Phi) is 1.97. The largest absolute Gasteiger partial charge is 0.221 e. The molecule has 0 saturated heterocycles. The Morgan fingerprint density at radius 1 is 1.47 bits per heavy atom. The molecule has 0 N–H and O–H groups in total. The zero-order valence-corrected chi connectivity index (χ0v) is 9.02. The second-order valence-electron chi connectivity index (χ2n) is 4.18. The van der Waals surface area contributed by atoms with E-state index in [2.05, 4.69) is 16.2 Å². The predicted molar refractivity (Wildman–Crippen MR) is 56.4 cm³/mol. The third kappa shape index (κ3) is 1.57. The Morgan fingerprint density at radius 2 is 2.20 bits per heavy atom. The van der Waals surface area contributed by atoms with Gasteiger partial charge in [-0.15, -0.1) is 5.10 Å². The quantitative estimate of drug-likeness (QED) is 0.705. The van der Waals surface area contributed by atoms with E-state index in [1.165, 1.54) is 0 Å². The first-order chi connectivity index (χ1) is 7.03. The summed E-state index contributed by atoms with van der Waals surface area (Å²) in [5, 5.41) is 13.3. The maximum absolute atomic E-state index is 8.99. The van der Waals surface area contributed by atoms with Crippen LogP contribution in [-0.2, 0) is 5.41 Å². The molecule has 0 saturated carbocycles. The normalized spacial score (nSPS) is 11.6. The van der Waals surface area contributed by atoms with Crippen LogP contribution < -0.4 is 0 Å². The van der Waals surface area contributed by atoms with Gasteiger partial charge >= 0.3 is 0 Å². The molecule has 0 bridgehead atoms. The maximum atomic E-state index is 8.99. The lowest BCUT2D eigenvalue weighted by molar-refractivity contribution is 0.628. The number of aryl methyl sites for hydroxylation is 1. The van der Waals surface area contributed by atoms with E-state index in [0.29, 0.717) is 5.82 Å². The topological polar surface area (TPSA) is 54.0 Å². The van der Waals surface area contributed by atoms with Crippen LogP contribution in [0.5, 0.6) is 0 Å². The highest BCUT2D eigenvalue weighted by Gasteiger charge is 2.25. The molecule has 4 nitrogen and oxygen atoms in total. The summed E-state index contributed by atoms with van der Waals surface area (Å²) in [5.41, 5.74) is 1.28. The molecular weight excluding hydrogens is 188 g/mol. The molecule has 0 radical (unpaired) electrons. The Balaban J connectivity index is 2.63. The molecule has 2 rings (SSSR count). The molecule has 0 fully saturated rings. The lowest BCUT2D eigenvalue weighted by atomic mass is 9.95. The average molecular weight is 200 g/mol. The van der Waals surface area contributed by atoms with Crippen molar-refractivity contribution in [2.45, 2.75) is 26.2 Å². The van der Waals surface area contributed by atoms with Crippen molar-refractivity contribution in [3.05, 3.63) is 29.7 Å². The fraction of sp³-hybridized carbons (Fsp3) is 0.364.